The molecule has 25 heavy (non-hydrogen) atoms. The van der Waals surface area contributed by atoms with E-state index in [-0.39, 0.29) is 17.2 Å². The molecule has 1 aromatic rings. The van der Waals surface area contributed by atoms with E-state index in [0.29, 0.717) is 10.9 Å². The van der Waals surface area contributed by atoms with Crippen molar-refractivity contribution in [1.29, 1.82) is 15.8 Å². The quantitative estimate of drug-likeness (QED) is 0.862. The van der Waals surface area contributed by atoms with Gasteiger partial charge in [-0.1, -0.05) is 24.6 Å². The van der Waals surface area contributed by atoms with Gasteiger partial charge in [0.2, 0.25) is 0 Å². The number of nitriles is 3. The summed E-state index contributed by atoms with van der Waals surface area (Å²) in [6.45, 7) is 4.32. The summed E-state index contributed by atoms with van der Waals surface area (Å²) in [5.41, 5.74) is 5.84. The number of halogens is 1. The van der Waals surface area contributed by atoms with Crippen LogP contribution in [0.15, 0.2) is 35.1 Å². The SMILES string of the molecule is CCN1CC=C2C(C#N)=C(N)C(C#N)(C#N)[C@@H](c3ccc(Cl)s3)[C@@H]2C1. The van der Waals surface area contributed by atoms with Crippen LogP contribution in [0.2, 0.25) is 4.34 Å². The van der Waals surface area contributed by atoms with Crippen LogP contribution in [0.3, 0.4) is 0 Å². The van der Waals surface area contributed by atoms with Gasteiger partial charge >= 0.3 is 0 Å². The maximum Gasteiger partial charge on any atom is 0.192 e. The van der Waals surface area contributed by atoms with Gasteiger partial charge in [0, 0.05) is 29.8 Å². The molecule has 0 aromatic carbocycles. The molecule has 1 aliphatic heterocycles. The first-order valence-corrected chi connectivity index (χ1v) is 9.12. The van der Waals surface area contributed by atoms with E-state index in [1.54, 1.807) is 6.07 Å². The molecule has 0 unspecified atom stereocenters. The predicted octanol–water partition coefficient (Wildman–Crippen LogP) is 3.15. The molecule has 2 atom stereocenters. The summed E-state index contributed by atoms with van der Waals surface area (Å²) < 4.78 is 0.599. The Morgan fingerprint density at radius 2 is 2.08 bits per heavy atom. The summed E-state index contributed by atoms with van der Waals surface area (Å²) in [6, 6.07) is 10.0. The van der Waals surface area contributed by atoms with E-state index in [4.69, 9.17) is 17.3 Å². The Kier molecular flexibility index (Phi) is 4.58. The first-order chi connectivity index (χ1) is 12.0. The second-order valence-corrected chi connectivity index (χ2v) is 7.92. The highest BCUT2D eigenvalue weighted by Crippen LogP contribution is 2.55. The van der Waals surface area contributed by atoms with Crippen molar-refractivity contribution >= 4 is 22.9 Å². The molecule has 0 radical (unpaired) electrons. The van der Waals surface area contributed by atoms with E-state index >= 15 is 0 Å². The Balaban J connectivity index is 2.30. The predicted molar refractivity (Wildman–Crippen MR) is 96.2 cm³/mol. The molecule has 0 fully saturated rings. The topological polar surface area (TPSA) is 101 Å². The number of thiophene rings is 1. The molecule has 1 aliphatic carbocycles. The van der Waals surface area contributed by atoms with E-state index in [1.165, 1.54) is 11.3 Å². The molecule has 0 amide bonds. The molecule has 0 spiro atoms. The van der Waals surface area contributed by atoms with Gasteiger partial charge in [0.05, 0.1) is 27.7 Å². The zero-order chi connectivity index (χ0) is 18.2. The lowest BCUT2D eigenvalue weighted by molar-refractivity contribution is 0.216. The monoisotopic (exact) mass is 369 g/mol. The van der Waals surface area contributed by atoms with Gasteiger partial charge in [-0.3, -0.25) is 4.90 Å². The van der Waals surface area contributed by atoms with Crippen LogP contribution in [0.4, 0.5) is 0 Å². The number of nitrogens with two attached hydrogens (primary N) is 1. The first kappa shape index (κ1) is 17.5. The third kappa shape index (κ3) is 2.53. The zero-order valence-electron chi connectivity index (χ0n) is 13.7. The maximum atomic E-state index is 9.92. The van der Waals surface area contributed by atoms with Gasteiger partial charge in [0.1, 0.15) is 6.07 Å². The molecule has 2 heterocycles. The lowest BCUT2D eigenvalue weighted by Gasteiger charge is -2.44. The molecule has 0 bridgehead atoms. The van der Waals surface area contributed by atoms with Gasteiger partial charge in [-0.05, 0) is 24.3 Å². The van der Waals surface area contributed by atoms with Crippen molar-refractivity contribution in [3.05, 3.63) is 44.3 Å². The molecule has 0 saturated carbocycles. The van der Waals surface area contributed by atoms with Crippen LogP contribution in [0, 0.1) is 45.3 Å². The van der Waals surface area contributed by atoms with E-state index in [2.05, 4.69) is 30.0 Å². The Bertz CT molecular complexity index is 878. The second-order valence-electron chi connectivity index (χ2n) is 6.17. The Morgan fingerprint density at radius 1 is 1.36 bits per heavy atom. The van der Waals surface area contributed by atoms with Crippen LogP contribution >= 0.6 is 22.9 Å². The van der Waals surface area contributed by atoms with Crippen LogP contribution in [0.5, 0.6) is 0 Å². The van der Waals surface area contributed by atoms with Crippen molar-refractivity contribution in [3.8, 4) is 18.2 Å². The van der Waals surface area contributed by atoms with Gasteiger partial charge in [-0.2, -0.15) is 15.8 Å². The summed E-state index contributed by atoms with van der Waals surface area (Å²) in [5, 5.41) is 29.5. The van der Waals surface area contributed by atoms with E-state index < -0.39 is 11.3 Å². The highest BCUT2D eigenvalue weighted by molar-refractivity contribution is 7.16. The smallest absolute Gasteiger partial charge is 0.192 e. The fourth-order valence-corrected chi connectivity index (χ4v) is 5.09. The molecule has 5 nitrogen and oxygen atoms in total. The minimum atomic E-state index is -1.57. The van der Waals surface area contributed by atoms with Crippen LogP contribution in [-0.2, 0) is 0 Å². The van der Waals surface area contributed by atoms with Crippen LogP contribution in [-0.4, -0.2) is 24.5 Å². The Hall–Kier alpha value is -2.30. The first-order valence-electron chi connectivity index (χ1n) is 7.93. The van der Waals surface area contributed by atoms with E-state index in [0.717, 1.165) is 23.5 Å². The fourth-order valence-electron chi connectivity index (χ4n) is 3.80. The number of hydrogen-bond acceptors (Lipinski definition) is 6. The molecule has 126 valence electrons. The van der Waals surface area contributed by atoms with Crippen molar-refractivity contribution < 1.29 is 0 Å². The molecular weight excluding hydrogens is 354 g/mol. The number of hydrogen-bond donors (Lipinski definition) is 1. The van der Waals surface area contributed by atoms with Gasteiger partial charge in [0.25, 0.3) is 0 Å². The van der Waals surface area contributed by atoms with E-state index in [1.807, 2.05) is 12.1 Å². The van der Waals surface area contributed by atoms with Crippen molar-refractivity contribution in [2.75, 3.05) is 19.6 Å². The lowest BCUT2D eigenvalue weighted by Crippen LogP contribution is -2.47. The highest BCUT2D eigenvalue weighted by atomic mass is 35.5. The second kappa shape index (κ2) is 6.54. The van der Waals surface area contributed by atoms with Crippen molar-refractivity contribution in [2.45, 2.75) is 12.8 Å². The summed E-state index contributed by atoms with van der Waals surface area (Å²) in [7, 11) is 0. The third-order valence-electron chi connectivity index (χ3n) is 5.09. The highest BCUT2D eigenvalue weighted by Gasteiger charge is 2.54. The number of fused-ring (bicyclic) bond motifs is 1. The number of likely N-dealkylation sites (N-methyl/N-ethyl adjacent to an activating group) is 1. The lowest BCUT2D eigenvalue weighted by atomic mass is 9.59. The van der Waals surface area contributed by atoms with Crippen molar-refractivity contribution in [3.63, 3.8) is 0 Å². The summed E-state index contributed by atoms with van der Waals surface area (Å²) in [4.78, 5) is 3.08. The molecular formula is C18H16ClN5S. The summed E-state index contributed by atoms with van der Waals surface area (Å²) in [6.07, 6.45) is 2.00. The molecule has 0 saturated heterocycles. The largest absolute Gasteiger partial charge is 0.399 e. The third-order valence-corrected chi connectivity index (χ3v) is 6.40. The normalized spacial score (nSPS) is 25.3. The molecule has 2 N–H and O–H groups in total. The van der Waals surface area contributed by atoms with Crippen LogP contribution in [0.25, 0.3) is 0 Å². The van der Waals surface area contributed by atoms with Crippen LogP contribution in [0.1, 0.15) is 17.7 Å². The van der Waals surface area contributed by atoms with Gasteiger partial charge in [-0.15, -0.1) is 11.3 Å². The average molecular weight is 370 g/mol. The molecule has 3 rings (SSSR count). The molecule has 1 aromatic heterocycles. The zero-order valence-corrected chi connectivity index (χ0v) is 15.2. The summed E-state index contributed by atoms with van der Waals surface area (Å²) >= 11 is 7.47. The van der Waals surface area contributed by atoms with Crippen molar-refractivity contribution in [1.82, 2.24) is 4.90 Å². The maximum absolute atomic E-state index is 9.92. The standard InChI is InChI=1S/C18H16ClN5S/c1-2-24-6-5-11-12(7-20)17(23)18(9-21,10-22)16(13(11)8-24)14-3-4-15(19)25-14/h3-5,13,16H,2,6,8,23H2,1H3/t13-,16-/m1/s1. The fraction of sp³-hybridized carbons (Fsp3) is 0.389. The van der Waals surface area contributed by atoms with Crippen molar-refractivity contribution in [2.24, 2.45) is 17.1 Å². The van der Waals surface area contributed by atoms with E-state index in [9.17, 15) is 15.8 Å². The average Bonchev–Trinajstić information content (AvgIpc) is 3.06. The Labute approximate surface area is 155 Å². The minimum absolute atomic E-state index is 0.0574. The number of nitrogens with zero attached hydrogens (tertiary/aromatic N) is 4. The summed E-state index contributed by atoms with van der Waals surface area (Å²) in [5.74, 6) is -0.595. The molecule has 2 aliphatic rings. The van der Waals surface area contributed by atoms with Gasteiger partial charge in [-0.25, -0.2) is 0 Å². The van der Waals surface area contributed by atoms with Crippen LogP contribution < -0.4 is 5.73 Å². The number of allylic oxidation sites excluding steroid dienone is 2. The van der Waals surface area contributed by atoms with Gasteiger partial charge < -0.3 is 5.73 Å². The number of rotatable bonds is 2. The van der Waals surface area contributed by atoms with Gasteiger partial charge in [0.15, 0.2) is 5.41 Å². The molecule has 7 heteroatoms. The minimum Gasteiger partial charge on any atom is -0.399 e. The Morgan fingerprint density at radius 3 is 2.60 bits per heavy atom.